The van der Waals surface area contributed by atoms with Crippen LogP contribution in [-0.4, -0.2) is 23.9 Å². The minimum Gasteiger partial charge on any atom is -0.484 e. The van der Waals surface area contributed by atoms with Crippen molar-refractivity contribution < 1.29 is 9.84 Å². The molecule has 1 aliphatic rings. The van der Waals surface area contributed by atoms with E-state index in [0.717, 1.165) is 17.9 Å². The van der Waals surface area contributed by atoms with Crippen molar-refractivity contribution in [2.24, 2.45) is 0 Å². The normalized spacial score (nSPS) is 23.9. The number of fused-ring (bicyclic) bond motifs is 1. The highest BCUT2D eigenvalue weighted by molar-refractivity contribution is 5.60. The minimum atomic E-state index is -0.148. The molecule has 82 valence electrons. The molecule has 3 heteroatoms. The van der Waals surface area contributed by atoms with Crippen molar-refractivity contribution in [1.29, 1.82) is 0 Å². The molecule has 0 spiro atoms. The topological polar surface area (TPSA) is 41.5 Å². The number of anilines is 1. The van der Waals surface area contributed by atoms with Crippen molar-refractivity contribution in [3.05, 3.63) is 23.8 Å². The van der Waals surface area contributed by atoms with Crippen molar-refractivity contribution in [3.63, 3.8) is 0 Å². The van der Waals surface area contributed by atoms with Crippen LogP contribution in [0.1, 0.15) is 19.4 Å². The third-order valence-corrected chi connectivity index (χ3v) is 2.85. The van der Waals surface area contributed by atoms with E-state index in [1.165, 1.54) is 5.56 Å². The number of aliphatic hydroxyl groups excluding tert-OH is 1. The third kappa shape index (κ3) is 1.92. The standard InChI is InChI=1S/C12H17NO2/c1-3-9-4-5-11-10(6-9)13-8(2)12(7-14)15-11/h4-6,8,12-14H,3,7H2,1-2H3. The number of nitrogens with one attached hydrogen (secondary N) is 1. The summed E-state index contributed by atoms with van der Waals surface area (Å²) in [6.07, 6.45) is 0.872. The van der Waals surface area contributed by atoms with Crippen LogP contribution >= 0.6 is 0 Å². The lowest BCUT2D eigenvalue weighted by atomic mass is 10.1. The molecule has 1 aromatic rings. The van der Waals surface area contributed by atoms with Crippen LogP contribution in [0.4, 0.5) is 5.69 Å². The second-order valence-electron chi connectivity index (χ2n) is 3.96. The lowest BCUT2D eigenvalue weighted by Crippen LogP contribution is -2.41. The Hall–Kier alpha value is -1.22. The van der Waals surface area contributed by atoms with Crippen molar-refractivity contribution in [1.82, 2.24) is 0 Å². The van der Waals surface area contributed by atoms with Gasteiger partial charge in [0.15, 0.2) is 0 Å². The summed E-state index contributed by atoms with van der Waals surface area (Å²) in [4.78, 5) is 0. The van der Waals surface area contributed by atoms with E-state index in [0.29, 0.717) is 0 Å². The molecular weight excluding hydrogens is 190 g/mol. The molecule has 0 bridgehead atoms. The van der Waals surface area contributed by atoms with Gasteiger partial charge in [0, 0.05) is 0 Å². The fourth-order valence-electron chi connectivity index (χ4n) is 1.81. The maximum Gasteiger partial charge on any atom is 0.143 e. The maximum absolute atomic E-state index is 9.12. The van der Waals surface area contributed by atoms with Crippen molar-refractivity contribution in [2.45, 2.75) is 32.4 Å². The molecule has 2 atom stereocenters. The van der Waals surface area contributed by atoms with E-state index in [1.807, 2.05) is 13.0 Å². The van der Waals surface area contributed by atoms with E-state index >= 15 is 0 Å². The second kappa shape index (κ2) is 4.11. The Morgan fingerprint density at radius 3 is 2.93 bits per heavy atom. The molecule has 0 radical (unpaired) electrons. The molecule has 2 rings (SSSR count). The Balaban J connectivity index is 2.28. The molecule has 1 heterocycles. The number of aliphatic hydroxyl groups is 1. The summed E-state index contributed by atoms with van der Waals surface area (Å²) in [5.41, 5.74) is 2.33. The van der Waals surface area contributed by atoms with Crippen molar-refractivity contribution >= 4 is 5.69 Å². The van der Waals surface area contributed by atoms with Gasteiger partial charge < -0.3 is 15.2 Å². The smallest absolute Gasteiger partial charge is 0.143 e. The van der Waals surface area contributed by atoms with Gasteiger partial charge in [0.1, 0.15) is 11.9 Å². The average Bonchev–Trinajstić information content (AvgIpc) is 2.27. The summed E-state index contributed by atoms with van der Waals surface area (Å²) in [5.74, 6) is 0.837. The summed E-state index contributed by atoms with van der Waals surface area (Å²) in [5, 5.41) is 12.5. The first-order valence-corrected chi connectivity index (χ1v) is 5.41. The molecular formula is C12H17NO2. The summed E-state index contributed by atoms with van der Waals surface area (Å²) in [7, 11) is 0. The number of benzene rings is 1. The van der Waals surface area contributed by atoms with Gasteiger partial charge in [-0.3, -0.25) is 0 Å². The van der Waals surface area contributed by atoms with Crippen molar-refractivity contribution in [3.8, 4) is 5.75 Å². The second-order valence-corrected chi connectivity index (χ2v) is 3.96. The zero-order valence-electron chi connectivity index (χ0n) is 9.16. The van der Waals surface area contributed by atoms with Gasteiger partial charge in [-0.05, 0) is 31.0 Å². The Kier molecular flexibility index (Phi) is 2.82. The van der Waals surface area contributed by atoms with Crippen LogP contribution in [0.3, 0.4) is 0 Å². The molecule has 0 aromatic heterocycles. The van der Waals surface area contributed by atoms with E-state index in [9.17, 15) is 0 Å². The summed E-state index contributed by atoms with van der Waals surface area (Å²) in [6, 6.07) is 6.29. The van der Waals surface area contributed by atoms with Gasteiger partial charge in [0.2, 0.25) is 0 Å². The van der Waals surface area contributed by atoms with E-state index < -0.39 is 0 Å². The number of aryl methyl sites for hydroxylation is 1. The summed E-state index contributed by atoms with van der Waals surface area (Å²) < 4.78 is 5.68. The molecule has 2 N–H and O–H groups in total. The predicted molar refractivity (Wildman–Crippen MR) is 60.4 cm³/mol. The molecule has 2 unspecified atom stereocenters. The van der Waals surface area contributed by atoms with Gasteiger partial charge in [0.05, 0.1) is 18.3 Å². The maximum atomic E-state index is 9.12. The molecule has 1 aromatic carbocycles. The fraction of sp³-hybridized carbons (Fsp3) is 0.500. The van der Waals surface area contributed by atoms with Crippen LogP contribution in [0, 0.1) is 0 Å². The third-order valence-electron chi connectivity index (χ3n) is 2.85. The number of hydrogen-bond donors (Lipinski definition) is 2. The average molecular weight is 207 g/mol. The SMILES string of the molecule is CCc1ccc2c(c1)NC(C)C(CO)O2. The Bertz CT molecular complexity index is 351. The highest BCUT2D eigenvalue weighted by atomic mass is 16.5. The monoisotopic (exact) mass is 207 g/mol. The van der Waals surface area contributed by atoms with Crippen LogP contribution in [0.2, 0.25) is 0 Å². The van der Waals surface area contributed by atoms with Crippen molar-refractivity contribution in [2.75, 3.05) is 11.9 Å². The van der Waals surface area contributed by atoms with Gasteiger partial charge in [-0.1, -0.05) is 13.0 Å². The van der Waals surface area contributed by atoms with Crippen LogP contribution in [0.25, 0.3) is 0 Å². The first-order valence-electron chi connectivity index (χ1n) is 5.41. The van der Waals surface area contributed by atoms with Gasteiger partial charge >= 0.3 is 0 Å². The summed E-state index contributed by atoms with van der Waals surface area (Å²) in [6.45, 7) is 4.19. The van der Waals surface area contributed by atoms with Gasteiger partial charge in [-0.25, -0.2) is 0 Å². The van der Waals surface area contributed by atoms with Crippen LogP contribution < -0.4 is 10.1 Å². The first kappa shape index (κ1) is 10.3. The minimum absolute atomic E-state index is 0.0448. The molecule has 1 aliphatic heterocycles. The number of ether oxygens (including phenoxy) is 1. The zero-order chi connectivity index (χ0) is 10.8. The molecule has 0 saturated carbocycles. The molecule has 0 amide bonds. The van der Waals surface area contributed by atoms with Crippen LogP contribution in [0.5, 0.6) is 5.75 Å². The number of hydrogen-bond acceptors (Lipinski definition) is 3. The highest BCUT2D eigenvalue weighted by Crippen LogP contribution is 2.32. The Morgan fingerprint density at radius 1 is 1.47 bits per heavy atom. The Morgan fingerprint density at radius 2 is 2.27 bits per heavy atom. The van der Waals surface area contributed by atoms with Gasteiger partial charge in [-0.2, -0.15) is 0 Å². The van der Waals surface area contributed by atoms with E-state index in [4.69, 9.17) is 9.84 Å². The fourth-order valence-corrected chi connectivity index (χ4v) is 1.81. The van der Waals surface area contributed by atoms with Gasteiger partial charge in [-0.15, -0.1) is 0 Å². The van der Waals surface area contributed by atoms with Crippen LogP contribution in [-0.2, 0) is 6.42 Å². The quantitative estimate of drug-likeness (QED) is 0.777. The highest BCUT2D eigenvalue weighted by Gasteiger charge is 2.25. The van der Waals surface area contributed by atoms with E-state index in [-0.39, 0.29) is 18.8 Å². The Labute approximate surface area is 90.1 Å². The first-order chi connectivity index (χ1) is 7.24. The van der Waals surface area contributed by atoms with E-state index in [2.05, 4.69) is 24.4 Å². The molecule has 0 fully saturated rings. The molecule has 0 aliphatic carbocycles. The van der Waals surface area contributed by atoms with Gasteiger partial charge in [0.25, 0.3) is 0 Å². The number of rotatable bonds is 2. The lowest BCUT2D eigenvalue weighted by molar-refractivity contribution is 0.0977. The van der Waals surface area contributed by atoms with Crippen LogP contribution in [0.15, 0.2) is 18.2 Å². The lowest BCUT2D eigenvalue weighted by Gasteiger charge is -2.32. The predicted octanol–water partition coefficient (Wildman–Crippen LogP) is 1.80. The molecule has 15 heavy (non-hydrogen) atoms. The molecule has 3 nitrogen and oxygen atoms in total. The van der Waals surface area contributed by atoms with E-state index in [1.54, 1.807) is 0 Å². The summed E-state index contributed by atoms with van der Waals surface area (Å²) >= 11 is 0. The largest absolute Gasteiger partial charge is 0.484 e. The molecule has 0 saturated heterocycles. The zero-order valence-corrected chi connectivity index (χ0v) is 9.16.